The van der Waals surface area contributed by atoms with E-state index in [0.717, 1.165) is 16.7 Å². The molecular formula is C12H15ClO2. The second-order valence-electron chi connectivity index (χ2n) is 3.91. The van der Waals surface area contributed by atoms with E-state index in [2.05, 4.69) is 0 Å². The molecule has 3 heteroatoms. The SMILES string of the molecule is Cc1ccc(Cl)c(CC(C)C(=O)O)c1C. The van der Waals surface area contributed by atoms with Crippen molar-refractivity contribution >= 4 is 17.6 Å². The van der Waals surface area contributed by atoms with Crippen molar-refractivity contribution in [2.75, 3.05) is 0 Å². The van der Waals surface area contributed by atoms with Gasteiger partial charge < -0.3 is 5.11 Å². The Hall–Kier alpha value is -1.02. The van der Waals surface area contributed by atoms with Crippen LogP contribution in [0.1, 0.15) is 23.6 Å². The molecule has 1 N–H and O–H groups in total. The van der Waals surface area contributed by atoms with Gasteiger partial charge >= 0.3 is 5.97 Å². The fraction of sp³-hybridized carbons (Fsp3) is 0.417. The molecule has 0 saturated heterocycles. The molecule has 0 fully saturated rings. The average Bonchev–Trinajstić information content (AvgIpc) is 2.18. The number of aliphatic carboxylic acids is 1. The molecule has 0 aliphatic carbocycles. The Morgan fingerprint density at radius 3 is 2.60 bits per heavy atom. The molecule has 82 valence electrons. The van der Waals surface area contributed by atoms with Crippen LogP contribution in [0.4, 0.5) is 0 Å². The lowest BCUT2D eigenvalue weighted by Gasteiger charge is -2.13. The van der Waals surface area contributed by atoms with Gasteiger partial charge in [0.15, 0.2) is 0 Å². The van der Waals surface area contributed by atoms with E-state index in [-0.39, 0.29) is 0 Å². The van der Waals surface area contributed by atoms with E-state index in [9.17, 15) is 4.79 Å². The molecular weight excluding hydrogens is 212 g/mol. The molecule has 0 saturated carbocycles. The highest BCUT2D eigenvalue weighted by Crippen LogP contribution is 2.25. The highest BCUT2D eigenvalue weighted by molar-refractivity contribution is 6.31. The first kappa shape index (κ1) is 12.1. The van der Waals surface area contributed by atoms with Crippen LogP contribution in [-0.4, -0.2) is 11.1 Å². The highest BCUT2D eigenvalue weighted by atomic mass is 35.5. The number of aryl methyl sites for hydroxylation is 1. The van der Waals surface area contributed by atoms with Crippen LogP contribution in [-0.2, 0) is 11.2 Å². The van der Waals surface area contributed by atoms with Gasteiger partial charge in [0.2, 0.25) is 0 Å². The number of rotatable bonds is 3. The van der Waals surface area contributed by atoms with Gasteiger partial charge in [-0.2, -0.15) is 0 Å². The summed E-state index contributed by atoms with van der Waals surface area (Å²) in [4.78, 5) is 10.8. The molecule has 0 bridgehead atoms. The summed E-state index contributed by atoms with van der Waals surface area (Å²) in [6.45, 7) is 5.67. The largest absolute Gasteiger partial charge is 0.481 e. The molecule has 1 unspecified atom stereocenters. The fourth-order valence-corrected chi connectivity index (χ4v) is 1.77. The number of carboxylic acids is 1. The summed E-state index contributed by atoms with van der Waals surface area (Å²) in [5, 5.41) is 9.51. The maximum Gasteiger partial charge on any atom is 0.306 e. The Labute approximate surface area is 94.9 Å². The minimum absolute atomic E-state index is 0.400. The summed E-state index contributed by atoms with van der Waals surface area (Å²) in [6, 6.07) is 3.78. The number of hydrogen-bond acceptors (Lipinski definition) is 1. The van der Waals surface area contributed by atoms with Crippen molar-refractivity contribution < 1.29 is 9.90 Å². The number of benzene rings is 1. The molecule has 1 aromatic carbocycles. The maximum atomic E-state index is 10.8. The predicted molar refractivity (Wildman–Crippen MR) is 61.4 cm³/mol. The van der Waals surface area contributed by atoms with E-state index in [1.54, 1.807) is 6.92 Å². The molecule has 0 aromatic heterocycles. The van der Waals surface area contributed by atoms with Crippen LogP contribution in [0.5, 0.6) is 0 Å². The molecule has 1 aromatic rings. The fourth-order valence-electron chi connectivity index (χ4n) is 1.48. The van der Waals surface area contributed by atoms with Crippen molar-refractivity contribution in [3.05, 3.63) is 33.8 Å². The van der Waals surface area contributed by atoms with Crippen LogP contribution in [0.3, 0.4) is 0 Å². The van der Waals surface area contributed by atoms with Gasteiger partial charge in [0.25, 0.3) is 0 Å². The van der Waals surface area contributed by atoms with E-state index in [4.69, 9.17) is 16.7 Å². The van der Waals surface area contributed by atoms with Gasteiger partial charge in [-0.15, -0.1) is 0 Å². The molecule has 2 nitrogen and oxygen atoms in total. The van der Waals surface area contributed by atoms with Gasteiger partial charge in [-0.25, -0.2) is 0 Å². The predicted octanol–water partition coefficient (Wildman–Crippen LogP) is 3.22. The van der Waals surface area contributed by atoms with Crippen LogP contribution < -0.4 is 0 Å². The van der Waals surface area contributed by atoms with Gasteiger partial charge in [-0.3, -0.25) is 4.79 Å². The summed E-state index contributed by atoms with van der Waals surface area (Å²) >= 11 is 6.06. The third kappa shape index (κ3) is 2.72. The summed E-state index contributed by atoms with van der Waals surface area (Å²) in [5.74, 6) is -1.19. The van der Waals surface area contributed by atoms with Crippen molar-refractivity contribution in [2.45, 2.75) is 27.2 Å². The van der Waals surface area contributed by atoms with Crippen molar-refractivity contribution in [1.29, 1.82) is 0 Å². The third-order valence-electron chi connectivity index (χ3n) is 2.74. The van der Waals surface area contributed by atoms with Gasteiger partial charge in [0, 0.05) is 5.02 Å². The molecule has 15 heavy (non-hydrogen) atoms. The number of hydrogen-bond donors (Lipinski definition) is 1. The topological polar surface area (TPSA) is 37.3 Å². The number of halogens is 1. The minimum atomic E-state index is -0.785. The Morgan fingerprint density at radius 2 is 2.07 bits per heavy atom. The maximum absolute atomic E-state index is 10.8. The average molecular weight is 227 g/mol. The first-order chi connectivity index (χ1) is 6.93. The van der Waals surface area contributed by atoms with Gasteiger partial charge in [0.05, 0.1) is 5.92 Å². The summed E-state index contributed by atoms with van der Waals surface area (Å²) in [5.41, 5.74) is 3.19. The first-order valence-corrected chi connectivity index (χ1v) is 5.28. The molecule has 1 rings (SSSR count). The molecule has 0 radical (unpaired) electrons. The standard InChI is InChI=1S/C12H15ClO2/c1-7-4-5-11(13)10(9(7)3)6-8(2)12(14)15/h4-5,8H,6H2,1-3H3,(H,14,15). The van der Waals surface area contributed by atoms with Gasteiger partial charge in [-0.05, 0) is 43.0 Å². The van der Waals surface area contributed by atoms with Crippen LogP contribution in [0.15, 0.2) is 12.1 Å². The van der Waals surface area contributed by atoms with Crippen LogP contribution in [0, 0.1) is 19.8 Å². The lowest BCUT2D eigenvalue weighted by molar-refractivity contribution is -0.141. The molecule has 0 aliphatic rings. The van der Waals surface area contributed by atoms with Crippen LogP contribution in [0.25, 0.3) is 0 Å². The van der Waals surface area contributed by atoms with Crippen molar-refractivity contribution in [1.82, 2.24) is 0 Å². The van der Waals surface area contributed by atoms with E-state index < -0.39 is 11.9 Å². The Morgan fingerprint density at radius 1 is 1.47 bits per heavy atom. The number of carboxylic acid groups (broad SMARTS) is 1. The second kappa shape index (κ2) is 4.67. The molecule has 0 amide bonds. The lowest BCUT2D eigenvalue weighted by atomic mass is 9.95. The third-order valence-corrected chi connectivity index (χ3v) is 3.10. The van der Waals surface area contributed by atoms with Gasteiger partial charge in [-0.1, -0.05) is 24.6 Å². The Balaban J connectivity index is 3.03. The molecule has 0 heterocycles. The summed E-state index contributed by atoms with van der Waals surface area (Å²) < 4.78 is 0. The van der Waals surface area contributed by atoms with Gasteiger partial charge in [0.1, 0.15) is 0 Å². The zero-order valence-corrected chi connectivity index (χ0v) is 9.93. The summed E-state index contributed by atoms with van der Waals surface area (Å²) in [6.07, 6.45) is 0.488. The zero-order chi connectivity index (χ0) is 11.6. The Bertz CT molecular complexity index is 385. The van der Waals surface area contributed by atoms with E-state index in [1.807, 2.05) is 26.0 Å². The monoisotopic (exact) mass is 226 g/mol. The van der Waals surface area contributed by atoms with Crippen molar-refractivity contribution in [3.8, 4) is 0 Å². The molecule has 1 atom stereocenters. The lowest BCUT2D eigenvalue weighted by Crippen LogP contribution is -2.13. The van der Waals surface area contributed by atoms with E-state index in [1.165, 1.54) is 0 Å². The highest BCUT2D eigenvalue weighted by Gasteiger charge is 2.15. The smallest absolute Gasteiger partial charge is 0.306 e. The van der Waals surface area contributed by atoms with Crippen molar-refractivity contribution in [3.63, 3.8) is 0 Å². The first-order valence-electron chi connectivity index (χ1n) is 4.91. The van der Waals surface area contributed by atoms with Crippen molar-refractivity contribution in [2.24, 2.45) is 5.92 Å². The molecule has 0 spiro atoms. The normalized spacial score (nSPS) is 12.5. The van der Waals surface area contributed by atoms with Crippen LogP contribution >= 0.6 is 11.6 Å². The minimum Gasteiger partial charge on any atom is -0.481 e. The zero-order valence-electron chi connectivity index (χ0n) is 9.17. The Kier molecular flexibility index (Phi) is 3.75. The summed E-state index contributed by atoms with van der Waals surface area (Å²) in [7, 11) is 0. The van der Waals surface area contributed by atoms with E-state index >= 15 is 0 Å². The number of carbonyl (C=O) groups is 1. The quantitative estimate of drug-likeness (QED) is 0.859. The van der Waals surface area contributed by atoms with Crippen LogP contribution in [0.2, 0.25) is 5.02 Å². The van der Waals surface area contributed by atoms with E-state index in [0.29, 0.717) is 11.4 Å². The second-order valence-corrected chi connectivity index (χ2v) is 4.32. The molecule has 0 aliphatic heterocycles.